The molecule has 30 heavy (non-hydrogen) atoms. The number of ether oxygens (including phenoxy) is 1. The van der Waals surface area contributed by atoms with Crippen LogP contribution in [-0.2, 0) is 9.53 Å². The molecule has 0 bridgehead atoms. The second-order valence-corrected chi connectivity index (χ2v) is 7.58. The molecule has 1 saturated heterocycles. The maximum atomic E-state index is 13.3. The zero-order chi connectivity index (χ0) is 21.5. The highest BCUT2D eigenvalue weighted by Crippen LogP contribution is 2.21. The van der Waals surface area contributed by atoms with E-state index in [1.807, 2.05) is 19.9 Å². The number of benzene rings is 2. The molecule has 7 heteroatoms. The molecule has 0 saturated carbocycles. The quantitative estimate of drug-likeness (QED) is 0.731. The Bertz CT molecular complexity index is 860. The predicted molar refractivity (Wildman–Crippen MR) is 113 cm³/mol. The van der Waals surface area contributed by atoms with Crippen LogP contribution in [0.25, 0.3) is 0 Å². The van der Waals surface area contributed by atoms with Gasteiger partial charge in [0.25, 0.3) is 5.91 Å². The van der Waals surface area contributed by atoms with E-state index >= 15 is 0 Å². The van der Waals surface area contributed by atoms with E-state index in [0.29, 0.717) is 25.3 Å². The highest BCUT2D eigenvalue weighted by Gasteiger charge is 2.23. The van der Waals surface area contributed by atoms with Gasteiger partial charge in [0, 0.05) is 25.2 Å². The van der Waals surface area contributed by atoms with Gasteiger partial charge >= 0.3 is 0 Å². The van der Waals surface area contributed by atoms with E-state index in [4.69, 9.17) is 4.74 Å². The molecular formula is C23H28FN3O3. The molecule has 160 valence electrons. The van der Waals surface area contributed by atoms with Gasteiger partial charge in [0.1, 0.15) is 5.82 Å². The van der Waals surface area contributed by atoms with Crippen molar-refractivity contribution in [3.8, 4) is 0 Å². The van der Waals surface area contributed by atoms with Crippen molar-refractivity contribution in [1.82, 2.24) is 15.5 Å². The van der Waals surface area contributed by atoms with Gasteiger partial charge in [-0.15, -0.1) is 0 Å². The summed E-state index contributed by atoms with van der Waals surface area (Å²) >= 11 is 0. The molecule has 2 N–H and O–H groups in total. The van der Waals surface area contributed by atoms with E-state index in [2.05, 4.69) is 15.5 Å². The first-order chi connectivity index (χ1) is 14.4. The number of rotatable bonds is 7. The van der Waals surface area contributed by atoms with E-state index in [1.54, 1.807) is 24.3 Å². The number of amides is 2. The molecule has 1 atom stereocenters. The molecule has 0 radical (unpaired) electrons. The Labute approximate surface area is 176 Å². The fourth-order valence-corrected chi connectivity index (χ4v) is 3.67. The summed E-state index contributed by atoms with van der Waals surface area (Å²) in [5, 5.41) is 5.56. The molecule has 2 aromatic carbocycles. The first-order valence-corrected chi connectivity index (χ1v) is 10.1. The third-order valence-electron chi connectivity index (χ3n) is 5.13. The molecule has 0 spiro atoms. The summed E-state index contributed by atoms with van der Waals surface area (Å²) in [5.41, 5.74) is 3.46. The fraction of sp³-hybridized carbons (Fsp3) is 0.391. The fourth-order valence-electron chi connectivity index (χ4n) is 3.67. The van der Waals surface area contributed by atoms with Crippen molar-refractivity contribution in [3.05, 3.63) is 70.5 Å². The lowest BCUT2D eigenvalue weighted by atomic mass is 10.0. The van der Waals surface area contributed by atoms with Gasteiger partial charge < -0.3 is 15.4 Å². The molecule has 0 aromatic heterocycles. The summed E-state index contributed by atoms with van der Waals surface area (Å²) in [7, 11) is 0. The summed E-state index contributed by atoms with van der Waals surface area (Å²) in [4.78, 5) is 26.9. The SMILES string of the molecule is Cc1cc(C)cc(C(=O)NCC(=O)NCC(c2ccc(F)cc2)N2CCOCC2)c1. The lowest BCUT2D eigenvalue weighted by molar-refractivity contribution is -0.120. The van der Waals surface area contributed by atoms with E-state index < -0.39 is 0 Å². The normalized spacial score (nSPS) is 15.4. The average Bonchev–Trinajstić information content (AvgIpc) is 2.73. The van der Waals surface area contributed by atoms with Crippen molar-refractivity contribution in [2.24, 2.45) is 0 Å². The Kier molecular flexibility index (Phi) is 7.54. The van der Waals surface area contributed by atoms with Gasteiger partial charge in [0.15, 0.2) is 0 Å². The molecular weight excluding hydrogens is 385 g/mol. The number of carbonyl (C=O) groups is 2. The molecule has 2 amide bonds. The summed E-state index contributed by atoms with van der Waals surface area (Å²) in [6, 6.07) is 11.8. The summed E-state index contributed by atoms with van der Waals surface area (Å²) in [6.07, 6.45) is 0. The van der Waals surface area contributed by atoms with Crippen LogP contribution in [0.15, 0.2) is 42.5 Å². The molecule has 1 aliphatic heterocycles. The van der Waals surface area contributed by atoms with Crippen molar-refractivity contribution in [3.63, 3.8) is 0 Å². The number of morpholine rings is 1. The highest BCUT2D eigenvalue weighted by atomic mass is 19.1. The van der Waals surface area contributed by atoms with Gasteiger partial charge in [-0.05, 0) is 43.7 Å². The number of nitrogens with zero attached hydrogens (tertiary/aromatic N) is 1. The Morgan fingerprint density at radius 1 is 1.03 bits per heavy atom. The van der Waals surface area contributed by atoms with Crippen LogP contribution in [-0.4, -0.2) is 56.1 Å². The monoisotopic (exact) mass is 413 g/mol. The topological polar surface area (TPSA) is 70.7 Å². The molecule has 1 heterocycles. The van der Waals surface area contributed by atoms with Gasteiger partial charge in [-0.25, -0.2) is 4.39 Å². The largest absolute Gasteiger partial charge is 0.379 e. The van der Waals surface area contributed by atoms with E-state index in [-0.39, 0.29) is 30.2 Å². The first kappa shape index (κ1) is 21.9. The molecule has 2 aromatic rings. The Balaban J connectivity index is 1.57. The standard InChI is InChI=1S/C23H28FN3O3/c1-16-11-17(2)13-19(12-16)23(29)26-15-22(28)25-14-21(27-7-9-30-10-8-27)18-3-5-20(24)6-4-18/h3-6,11-13,21H,7-10,14-15H2,1-2H3,(H,25,28)(H,26,29). The van der Waals surface area contributed by atoms with E-state index in [9.17, 15) is 14.0 Å². The van der Waals surface area contributed by atoms with Crippen molar-refractivity contribution < 1.29 is 18.7 Å². The third kappa shape index (κ3) is 6.11. The van der Waals surface area contributed by atoms with Crippen molar-refractivity contribution >= 4 is 11.8 Å². The molecule has 1 unspecified atom stereocenters. The molecule has 1 aliphatic rings. The minimum Gasteiger partial charge on any atom is -0.379 e. The van der Waals surface area contributed by atoms with Gasteiger partial charge in [-0.2, -0.15) is 0 Å². The first-order valence-electron chi connectivity index (χ1n) is 10.1. The number of aryl methyl sites for hydroxylation is 2. The Morgan fingerprint density at radius 3 is 2.30 bits per heavy atom. The predicted octanol–water partition coefficient (Wildman–Crippen LogP) is 2.36. The van der Waals surface area contributed by atoms with E-state index in [1.165, 1.54) is 12.1 Å². The average molecular weight is 413 g/mol. The molecule has 1 fully saturated rings. The molecule has 3 rings (SSSR count). The Morgan fingerprint density at radius 2 is 1.67 bits per heavy atom. The zero-order valence-corrected chi connectivity index (χ0v) is 17.4. The number of carbonyl (C=O) groups excluding carboxylic acids is 2. The number of hydrogen-bond acceptors (Lipinski definition) is 4. The lowest BCUT2D eigenvalue weighted by Gasteiger charge is -2.35. The minimum atomic E-state index is -0.294. The summed E-state index contributed by atoms with van der Waals surface area (Å²) in [5.74, 6) is -0.842. The van der Waals surface area contributed by atoms with E-state index in [0.717, 1.165) is 29.8 Å². The van der Waals surface area contributed by atoms with Crippen molar-refractivity contribution in [1.29, 1.82) is 0 Å². The molecule has 0 aliphatic carbocycles. The van der Waals surface area contributed by atoms with Crippen LogP contribution in [0.5, 0.6) is 0 Å². The maximum Gasteiger partial charge on any atom is 0.251 e. The number of nitrogens with one attached hydrogen (secondary N) is 2. The van der Waals surface area contributed by atoms with Gasteiger partial charge in [-0.1, -0.05) is 29.3 Å². The Hall–Kier alpha value is -2.77. The van der Waals surface area contributed by atoms with Crippen LogP contribution in [0, 0.1) is 19.7 Å². The highest BCUT2D eigenvalue weighted by molar-refractivity contribution is 5.96. The van der Waals surface area contributed by atoms with Gasteiger partial charge in [0.2, 0.25) is 5.91 Å². The van der Waals surface area contributed by atoms with Crippen LogP contribution in [0.1, 0.15) is 33.1 Å². The maximum absolute atomic E-state index is 13.3. The van der Waals surface area contributed by atoms with Crippen LogP contribution in [0.4, 0.5) is 4.39 Å². The van der Waals surface area contributed by atoms with Crippen LogP contribution >= 0.6 is 0 Å². The smallest absolute Gasteiger partial charge is 0.251 e. The zero-order valence-electron chi connectivity index (χ0n) is 17.4. The van der Waals surface area contributed by atoms with Crippen LogP contribution in [0.2, 0.25) is 0 Å². The van der Waals surface area contributed by atoms with Crippen molar-refractivity contribution in [2.45, 2.75) is 19.9 Å². The second kappa shape index (κ2) is 10.3. The minimum absolute atomic E-state index is 0.0893. The third-order valence-corrected chi connectivity index (χ3v) is 5.13. The van der Waals surface area contributed by atoms with Crippen molar-refractivity contribution in [2.75, 3.05) is 39.4 Å². The van der Waals surface area contributed by atoms with Gasteiger partial charge in [0.05, 0.1) is 25.8 Å². The second-order valence-electron chi connectivity index (χ2n) is 7.58. The van der Waals surface area contributed by atoms with Crippen LogP contribution < -0.4 is 10.6 Å². The number of hydrogen-bond donors (Lipinski definition) is 2. The molecule has 6 nitrogen and oxygen atoms in total. The summed E-state index contributed by atoms with van der Waals surface area (Å²) in [6.45, 7) is 6.84. The lowest BCUT2D eigenvalue weighted by Crippen LogP contribution is -2.45. The number of halogens is 1. The van der Waals surface area contributed by atoms with Crippen LogP contribution in [0.3, 0.4) is 0 Å². The summed E-state index contributed by atoms with van der Waals surface area (Å²) < 4.78 is 18.7. The van der Waals surface area contributed by atoms with Gasteiger partial charge in [-0.3, -0.25) is 14.5 Å².